The quantitative estimate of drug-likeness (QED) is 0.630. The lowest BCUT2D eigenvalue weighted by molar-refractivity contribution is 0.254. The van der Waals surface area contributed by atoms with Gasteiger partial charge in [0.1, 0.15) is 11.9 Å². The Morgan fingerprint density at radius 2 is 2.43 bits per heavy atom. The van der Waals surface area contributed by atoms with Gasteiger partial charge in [0.05, 0.1) is 6.07 Å². The second kappa shape index (κ2) is 3.55. The van der Waals surface area contributed by atoms with Crippen molar-refractivity contribution >= 4 is 6.08 Å². The van der Waals surface area contributed by atoms with Crippen LogP contribution in [0.1, 0.15) is 18.1 Å². The van der Waals surface area contributed by atoms with Gasteiger partial charge in [0.2, 0.25) is 0 Å². The first-order valence-electron chi connectivity index (χ1n) is 4.65. The fourth-order valence-corrected chi connectivity index (χ4v) is 1.68. The van der Waals surface area contributed by atoms with E-state index in [-0.39, 0.29) is 6.10 Å². The smallest absolute Gasteiger partial charge is 0.123 e. The summed E-state index contributed by atoms with van der Waals surface area (Å²) in [4.78, 5) is 0. The standard InChI is InChI=1S/C12H11NO/c1-9-7-11-8-10(3-2-6-13)4-5-12(11)14-9/h2-5,8-9H,7H2,1H3. The molecule has 1 aliphatic rings. The predicted octanol–water partition coefficient (Wildman–Crippen LogP) is 2.55. The number of nitriles is 1. The van der Waals surface area contributed by atoms with E-state index in [1.54, 1.807) is 0 Å². The Bertz CT molecular complexity index is 415. The van der Waals surface area contributed by atoms with Crippen LogP contribution in [0.25, 0.3) is 6.08 Å². The SMILES string of the molecule is CC1Cc2cc(C=CC#N)ccc2O1. The highest BCUT2D eigenvalue weighted by Gasteiger charge is 2.18. The molecule has 0 amide bonds. The molecule has 0 aromatic heterocycles. The highest BCUT2D eigenvalue weighted by atomic mass is 16.5. The zero-order chi connectivity index (χ0) is 9.97. The third-order valence-electron chi connectivity index (χ3n) is 2.27. The summed E-state index contributed by atoms with van der Waals surface area (Å²) < 4.78 is 5.58. The molecule has 0 N–H and O–H groups in total. The molecule has 0 spiro atoms. The lowest BCUT2D eigenvalue weighted by Crippen LogP contribution is -2.05. The van der Waals surface area contributed by atoms with Crippen LogP contribution >= 0.6 is 0 Å². The third-order valence-corrected chi connectivity index (χ3v) is 2.27. The number of benzene rings is 1. The minimum atomic E-state index is 0.278. The van der Waals surface area contributed by atoms with Gasteiger partial charge in [-0.05, 0) is 36.3 Å². The van der Waals surface area contributed by atoms with Gasteiger partial charge in [-0.25, -0.2) is 0 Å². The summed E-state index contributed by atoms with van der Waals surface area (Å²) in [6, 6.07) is 7.99. The maximum Gasteiger partial charge on any atom is 0.123 e. The molecule has 70 valence electrons. The number of fused-ring (bicyclic) bond motifs is 1. The first-order valence-corrected chi connectivity index (χ1v) is 4.65. The Labute approximate surface area is 83.4 Å². The van der Waals surface area contributed by atoms with Gasteiger partial charge in [0, 0.05) is 12.5 Å². The fourth-order valence-electron chi connectivity index (χ4n) is 1.68. The minimum absolute atomic E-state index is 0.278. The van der Waals surface area contributed by atoms with E-state index in [2.05, 4.69) is 13.0 Å². The molecule has 14 heavy (non-hydrogen) atoms. The zero-order valence-corrected chi connectivity index (χ0v) is 8.03. The van der Waals surface area contributed by atoms with Gasteiger partial charge in [-0.15, -0.1) is 0 Å². The van der Waals surface area contributed by atoms with E-state index in [1.165, 1.54) is 11.6 Å². The molecule has 0 saturated carbocycles. The van der Waals surface area contributed by atoms with Crippen molar-refractivity contribution in [2.75, 3.05) is 0 Å². The predicted molar refractivity (Wildman–Crippen MR) is 54.9 cm³/mol. The van der Waals surface area contributed by atoms with Gasteiger partial charge in [-0.1, -0.05) is 6.07 Å². The Balaban J connectivity index is 2.29. The molecule has 1 atom stereocenters. The molecule has 1 heterocycles. The van der Waals surface area contributed by atoms with Crippen LogP contribution in [0.15, 0.2) is 24.3 Å². The average molecular weight is 185 g/mol. The summed E-state index contributed by atoms with van der Waals surface area (Å²) >= 11 is 0. The van der Waals surface area contributed by atoms with E-state index >= 15 is 0 Å². The van der Waals surface area contributed by atoms with E-state index in [1.807, 2.05) is 24.3 Å². The molecule has 0 bridgehead atoms. The first-order chi connectivity index (χ1) is 6.79. The summed E-state index contributed by atoms with van der Waals surface area (Å²) in [5.74, 6) is 0.978. The Morgan fingerprint density at radius 1 is 1.57 bits per heavy atom. The van der Waals surface area contributed by atoms with Crippen LogP contribution in [0.5, 0.6) is 5.75 Å². The second-order valence-corrected chi connectivity index (χ2v) is 3.46. The number of ether oxygens (including phenoxy) is 1. The van der Waals surface area contributed by atoms with Gasteiger partial charge in [0.15, 0.2) is 0 Å². The maximum atomic E-state index is 8.40. The summed E-state index contributed by atoms with van der Waals surface area (Å²) in [7, 11) is 0. The Morgan fingerprint density at radius 3 is 3.21 bits per heavy atom. The largest absolute Gasteiger partial charge is 0.490 e. The van der Waals surface area contributed by atoms with Crippen molar-refractivity contribution in [3.05, 3.63) is 35.4 Å². The van der Waals surface area contributed by atoms with Crippen molar-refractivity contribution in [3.63, 3.8) is 0 Å². The fraction of sp³-hybridized carbons (Fsp3) is 0.250. The van der Waals surface area contributed by atoms with Crippen LogP contribution in [0.4, 0.5) is 0 Å². The van der Waals surface area contributed by atoms with E-state index in [9.17, 15) is 0 Å². The molecule has 1 aromatic rings. The van der Waals surface area contributed by atoms with Crippen molar-refractivity contribution in [1.82, 2.24) is 0 Å². The molecule has 1 aromatic carbocycles. The van der Waals surface area contributed by atoms with Crippen LogP contribution in [-0.2, 0) is 6.42 Å². The maximum absolute atomic E-state index is 8.40. The Kier molecular flexibility index (Phi) is 2.24. The monoisotopic (exact) mass is 185 g/mol. The van der Waals surface area contributed by atoms with Crippen molar-refractivity contribution in [2.24, 2.45) is 0 Å². The molecule has 0 radical (unpaired) electrons. The second-order valence-electron chi connectivity index (χ2n) is 3.46. The number of rotatable bonds is 1. The summed E-state index contributed by atoms with van der Waals surface area (Å²) in [5, 5.41) is 8.40. The van der Waals surface area contributed by atoms with Crippen LogP contribution in [-0.4, -0.2) is 6.10 Å². The number of hydrogen-bond acceptors (Lipinski definition) is 2. The topological polar surface area (TPSA) is 33.0 Å². The molecule has 0 aliphatic carbocycles. The molecule has 1 aliphatic heterocycles. The minimum Gasteiger partial charge on any atom is -0.490 e. The lowest BCUT2D eigenvalue weighted by atomic mass is 10.1. The molecule has 0 saturated heterocycles. The van der Waals surface area contributed by atoms with Gasteiger partial charge in [0.25, 0.3) is 0 Å². The number of allylic oxidation sites excluding steroid dienone is 1. The summed E-state index contributed by atoms with van der Waals surface area (Å²) in [5.41, 5.74) is 2.29. The average Bonchev–Trinajstić information content (AvgIpc) is 2.54. The van der Waals surface area contributed by atoms with Crippen molar-refractivity contribution < 1.29 is 4.74 Å². The molecule has 0 fully saturated rings. The third kappa shape index (κ3) is 1.62. The van der Waals surface area contributed by atoms with Crippen LogP contribution in [0.2, 0.25) is 0 Å². The molecular weight excluding hydrogens is 174 g/mol. The van der Waals surface area contributed by atoms with Gasteiger partial charge < -0.3 is 4.74 Å². The van der Waals surface area contributed by atoms with Crippen LogP contribution in [0.3, 0.4) is 0 Å². The van der Waals surface area contributed by atoms with E-state index in [0.29, 0.717) is 0 Å². The van der Waals surface area contributed by atoms with Crippen LogP contribution < -0.4 is 4.74 Å². The normalized spacial score (nSPS) is 19.0. The zero-order valence-electron chi connectivity index (χ0n) is 8.03. The van der Waals surface area contributed by atoms with Crippen molar-refractivity contribution in [1.29, 1.82) is 5.26 Å². The van der Waals surface area contributed by atoms with Crippen molar-refractivity contribution in [3.8, 4) is 11.8 Å². The lowest BCUT2D eigenvalue weighted by Gasteiger charge is -2.01. The van der Waals surface area contributed by atoms with E-state index in [0.717, 1.165) is 17.7 Å². The molecule has 2 heteroatoms. The highest BCUT2D eigenvalue weighted by Crippen LogP contribution is 2.29. The van der Waals surface area contributed by atoms with E-state index in [4.69, 9.17) is 10.00 Å². The molecule has 1 unspecified atom stereocenters. The van der Waals surface area contributed by atoms with Gasteiger partial charge in [-0.2, -0.15) is 5.26 Å². The first kappa shape index (κ1) is 8.83. The van der Waals surface area contributed by atoms with Crippen LogP contribution in [0, 0.1) is 11.3 Å². The number of hydrogen-bond donors (Lipinski definition) is 0. The van der Waals surface area contributed by atoms with Crippen molar-refractivity contribution in [2.45, 2.75) is 19.4 Å². The summed E-state index contributed by atoms with van der Waals surface area (Å²) in [6.07, 6.45) is 4.54. The van der Waals surface area contributed by atoms with E-state index < -0.39 is 0 Å². The van der Waals surface area contributed by atoms with Gasteiger partial charge in [-0.3, -0.25) is 0 Å². The number of nitrogens with zero attached hydrogens (tertiary/aromatic N) is 1. The summed E-state index contributed by atoms with van der Waals surface area (Å²) in [6.45, 7) is 2.06. The molecular formula is C12H11NO. The van der Waals surface area contributed by atoms with Gasteiger partial charge >= 0.3 is 0 Å². The molecule has 2 nitrogen and oxygen atoms in total. The highest BCUT2D eigenvalue weighted by molar-refractivity contribution is 5.56. The molecule has 2 rings (SSSR count). The Hall–Kier alpha value is -1.75.